The van der Waals surface area contributed by atoms with Crippen molar-refractivity contribution in [2.24, 2.45) is 5.10 Å². The quantitative estimate of drug-likeness (QED) is 0.169. The maximum atomic E-state index is 12.4. The summed E-state index contributed by atoms with van der Waals surface area (Å²) in [6.45, 7) is 1.91. The summed E-state index contributed by atoms with van der Waals surface area (Å²) in [7, 11) is 1.40. The molecule has 0 heterocycles. The van der Waals surface area contributed by atoms with E-state index < -0.39 is 17.8 Å². The van der Waals surface area contributed by atoms with Crippen molar-refractivity contribution in [2.45, 2.75) is 6.92 Å². The lowest BCUT2D eigenvalue weighted by Gasteiger charge is -2.10. The number of esters is 1. The number of anilines is 1. The molecule has 0 fully saturated rings. The zero-order valence-corrected chi connectivity index (χ0v) is 19.6. The fourth-order valence-corrected chi connectivity index (χ4v) is 3.19. The Bertz CT molecular complexity index is 1260. The van der Waals surface area contributed by atoms with Gasteiger partial charge in [0.05, 0.1) is 23.9 Å². The van der Waals surface area contributed by atoms with Crippen LogP contribution in [0.4, 0.5) is 5.69 Å². The fourth-order valence-electron chi connectivity index (χ4n) is 2.70. The fraction of sp³-hybridized carbons (Fsp3) is 0.0833. The number of hydrogen-bond acceptors (Lipinski definition) is 6. The molecule has 3 aromatic carbocycles. The molecule has 174 valence electrons. The second-order valence-corrected chi connectivity index (χ2v) is 7.79. The van der Waals surface area contributed by atoms with Gasteiger partial charge in [0.1, 0.15) is 0 Å². The Hall–Kier alpha value is -3.88. The number of hydrazone groups is 1. The number of nitrogens with one attached hydrogen (secondary N) is 2. The first kappa shape index (κ1) is 24.8. The SMILES string of the molecule is COc1cc(C=NNC(=O)C(=O)Nc2ccc(C)cc2)ccc1OC(=O)c1ccc(Cl)cc1Cl. The van der Waals surface area contributed by atoms with E-state index in [1.165, 1.54) is 43.7 Å². The van der Waals surface area contributed by atoms with Crippen molar-refractivity contribution in [1.29, 1.82) is 0 Å². The van der Waals surface area contributed by atoms with E-state index in [1.54, 1.807) is 18.2 Å². The van der Waals surface area contributed by atoms with Crippen LogP contribution >= 0.6 is 23.2 Å². The molecule has 10 heteroatoms. The third kappa shape index (κ3) is 6.57. The van der Waals surface area contributed by atoms with Gasteiger partial charge in [-0.25, -0.2) is 10.2 Å². The van der Waals surface area contributed by atoms with Crippen molar-refractivity contribution in [3.8, 4) is 11.5 Å². The summed E-state index contributed by atoms with van der Waals surface area (Å²) >= 11 is 11.9. The van der Waals surface area contributed by atoms with Crippen LogP contribution in [-0.4, -0.2) is 31.1 Å². The first-order chi connectivity index (χ1) is 16.3. The van der Waals surface area contributed by atoms with Gasteiger partial charge in [0.25, 0.3) is 0 Å². The second-order valence-electron chi connectivity index (χ2n) is 6.94. The normalized spacial score (nSPS) is 10.6. The Morgan fingerprint density at radius 2 is 1.65 bits per heavy atom. The lowest BCUT2D eigenvalue weighted by Crippen LogP contribution is -2.32. The van der Waals surface area contributed by atoms with Gasteiger partial charge in [-0.05, 0) is 61.0 Å². The van der Waals surface area contributed by atoms with Crippen LogP contribution < -0.4 is 20.2 Å². The van der Waals surface area contributed by atoms with E-state index in [1.807, 2.05) is 19.1 Å². The average Bonchev–Trinajstić information content (AvgIpc) is 2.81. The molecule has 0 aromatic heterocycles. The van der Waals surface area contributed by atoms with Crippen molar-refractivity contribution in [3.05, 3.63) is 87.4 Å². The molecular formula is C24H19Cl2N3O5. The maximum absolute atomic E-state index is 12.4. The summed E-state index contributed by atoms with van der Waals surface area (Å²) in [4.78, 5) is 36.4. The number of aryl methyl sites for hydroxylation is 1. The largest absolute Gasteiger partial charge is 0.493 e. The monoisotopic (exact) mass is 499 g/mol. The summed E-state index contributed by atoms with van der Waals surface area (Å²) in [5.41, 5.74) is 4.32. The predicted octanol–water partition coefficient (Wildman–Crippen LogP) is 4.62. The van der Waals surface area contributed by atoms with E-state index in [-0.39, 0.29) is 22.1 Å². The summed E-state index contributed by atoms with van der Waals surface area (Å²) < 4.78 is 10.6. The maximum Gasteiger partial charge on any atom is 0.345 e. The predicted molar refractivity (Wildman–Crippen MR) is 130 cm³/mol. The molecule has 0 radical (unpaired) electrons. The highest BCUT2D eigenvalue weighted by Crippen LogP contribution is 2.30. The molecule has 8 nitrogen and oxygen atoms in total. The van der Waals surface area contributed by atoms with Gasteiger partial charge in [0.2, 0.25) is 0 Å². The van der Waals surface area contributed by atoms with Gasteiger partial charge in [-0.15, -0.1) is 0 Å². The molecule has 0 spiro atoms. The molecule has 0 unspecified atom stereocenters. The number of nitrogens with zero attached hydrogens (tertiary/aromatic N) is 1. The van der Waals surface area contributed by atoms with Crippen molar-refractivity contribution in [1.82, 2.24) is 5.43 Å². The van der Waals surface area contributed by atoms with E-state index in [0.717, 1.165) is 5.56 Å². The Balaban J connectivity index is 1.62. The zero-order chi connectivity index (χ0) is 24.7. The smallest absolute Gasteiger partial charge is 0.345 e. The molecule has 0 atom stereocenters. The molecule has 0 aliphatic carbocycles. The molecule has 2 N–H and O–H groups in total. The standard InChI is InChI=1S/C24H19Cl2N3O5/c1-14-3-7-17(8-4-14)28-22(30)23(31)29-27-13-15-5-10-20(21(11-15)33-2)34-24(32)18-9-6-16(25)12-19(18)26/h3-13H,1-2H3,(H,28,30)(H,29,31). The number of rotatable bonds is 6. The second kappa shape index (κ2) is 11.3. The van der Waals surface area contributed by atoms with Crippen molar-refractivity contribution in [2.75, 3.05) is 12.4 Å². The third-order valence-corrected chi connectivity index (χ3v) is 4.98. The Morgan fingerprint density at radius 3 is 2.32 bits per heavy atom. The lowest BCUT2D eigenvalue weighted by atomic mass is 10.2. The van der Waals surface area contributed by atoms with Crippen LogP contribution in [0.1, 0.15) is 21.5 Å². The van der Waals surface area contributed by atoms with Crippen molar-refractivity contribution in [3.63, 3.8) is 0 Å². The van der Waals surface area contributed by atoms with Crippen LogP contribution in [0.15, 0.2) is 65.8 Å². The van der Waals surface area contributed by atoms with Gasteiger partial charge in [-0.3, -0.25) is 9.59 Å². The number of methoxy groups -OCH3 is 1. The number of carbonyl (C=O) groups is 3. The first-order valence-electron chi connectivity index (χ1n) is 9.83. The molecule has 0 aliphatic heterocycles. The minimum Gasteiger partial charge on any atom is -0.493 e. The van der Waals surface area contributed by atoms with Crippen LogP contribution in [0, 0.1) is 6.92 Å². The molecular weight excluding hydrogens is 481 g/mol. The van der Waals surface area contributed by atoms with Crippen LogP contribution in [0.5, 0.6) is 11.5 Å². The van der Waals surface area contributed by atoms with Gasteiger partial charge in [0.15, 0.2) is 11.5 Å². The van der Waals surface area contributed by atoms with E-state index in [0.29, 0.717) is 16.3 Å². The number of hydrogen-bond donors (Lipinski definition) is 2. The zero-order valence-electron chi connectivity index (χ0n) is 18.1. The Morgan fingerprint density at radius 1 is 0.912 bits per heavy atom. The van der Waals surface area contributed by atoms with E-state index in [4.69, 9.17) is 32.7 Å². The molecule has 2 amide bonds. The topological polar surface area (TPSA) is 106 Å². The minimum absolute atomic E-state index is 0.144. The van der Waals surface area contributed by atoms with Gasteiger partial charge in [-0.1, -0.05) is 40.9 Å². The van der Waals surface area contributed by atoms with Gasteiger partial charge < -0.3 is 14.8 Å². The number of carbonyl (C=O) groups excluding carboxylic acids is 3. The highest BCUT2D eigenvalue weighted by atomic mass is 35.5. The van der Waals surface area contributed by atoms with Gasteiger partial charge in [-0.2, -0.15) is 5.10 Å². The summed E-state index contributed by atoms with van der Waals surface area (Å²) in [6.07, 6.45) is 1.31. The molecule has 0 aliphatic rings. The summed E-state index contributed by atoms with van der Waals surface area (Å²) in [5.74, 6) is -2.09. The third-order valence-electron chi connectivity index (χ3n) is 4.44. The Labute approximate surface area is 205 Å². The van der Waals surface area contributed by atoms with E-state index in [9.17, 15) is 14.4 Å². The minimum atomic E-state index is -0.936. The first-order valence-corrected chi connectivity index (χ1v) is 10.6. The number of amides is 2. The molecule has 3 aromatic rings. The number of benzene rings is 3. The highest BCUT2D eigenvalue weighted by molar-refractivity contribution is 6.39. The summed E-state index contributed by atoms with van der Waals surface area (Å²) in [5, 5.41) is 6.79. The molecule has 0 saturated carbocycles. The molecule has 0 bridgehead atoms. The van der Waals surface area contributed by atoms with E-state index >= 15 is 0 Å². The van der Waals surface area contributed by atoms with Gasteiger partial charge in [0, 0.05) is 10.7 Å². The Kier molecular flexibility index (Phi) is 8.24. The highest BCUT2D eigenvalue weighted by Gasteiger charge is 2.16. The van der Waals surface area contributed by atoms with Gasteiger partial charge >= 0.3 is 17.8 Å². The molecule has 3 rings (SSSR count). The van der Waals surface area contributed by atoms with Crippen LogP contribution in [0.3, 0.4) is 0 Å². The lowest BCUT2D eigenvalue weighted by molar-refractivity contribution is -0.136. The number of halogens is 2. The average molecular weight is 500 g/mol. The number of ether oxygens (including phenoxy) is 2. The van der Waals surface area contributed by atoms with Crippen molar-refractivity contribution < 1.29 is 23.9 Å². The summed E-state index contributed by atoms with van der Waals surface area (Å²) in [6, 6.07) is 16.0. The molecule has 0 saturated heterocycles. The van der Waals surface area contributed by atoms with Crippen LogP contribution in [0.25, 0.3) is 0 Å². The molecule has 34 heavy (non-hydrogen) atoms. The van der Waals surface area contributed by atoms with Crippen molar-refractivity contribution >= 4 is 52.9 Å². The van der Waals surface area contributed by atoms with Crippen LogP contribution in [-0.2, 0) is 9.59 Å². The van der Waals surface area contributed by atoms with Crippen LogP contribution in [0.2, 0.25) is 10.0 Å². The van der Waals surface area contributed by atoms with E-state index in [2.05, 4.69) is 15.8 Å².